The van der Waals surface area contributed by atoms with E-state index >= 15 is 0 Å². The number of hydrogen-bond donors (Lipinski definition) is 2. The van der Waals surface area contributed by atoms with Crippen LogP contribution in [0.2, 0.25) is 0 Å². The number of benzene rings is 1. The number of amides is 1. The average molecular weight is 350 g/mol. The first-order valence-electron chi connectivity index (χ1n) is 7.89. The fraction of sp³-hybridized carbons (Fsp3) is 0.353. The zero-order chi connectivity index (χ0) is 17.6. The number of rotatable bonds is 8. The lowest BCUT2D eigenvalue weighted by molar-refractivity contribution is 0.0934. The van der Waals surface area contributed by atoms with Crippen molar-refractivity contribution in [2.45, 2.75) is 44.2 Å². The molecule has 0 aliphatic heterocycles. The van der Waals surface area contributed by atoms with Gasteiger partial charge in [-0.25, -0.2) is 13.1 Å². The van der Waals surface area contributed by atoms with Gasteiger partial charge < -0.3 is 9.73 Å². The fourth-order valence-electron chi connectivity index (χ4n) is 2.21. The third-order valence-corrected chi connectivity index (χ3v) is 5.18. The molecule has 0 saturated carbocycles. The van der Waals surface area contributed by atoms with Crippen molar-refractivity contribution in [1.29, 1.82) is 0 Å². The lowest BCUT2D eigenvalue weighted by Gasteiger charge is -2.14. The molecule has 0 radical (unpaired) electrons. The Hall–Kier alpha value is -2.12. The lowest BCUT2D eigenvalue weighted by atomic mass is 10.1. The van der Waals surface area contributed by atoms with Crippen molar-refractivity contribution in [3.05, 3.63) is 54.0 Å². The minimum Gasteiger partial charge on any atom is -0.468 e. The second-order valence-corrected chi connectivity index (χ2v) is 7.18. The minimum absolute atomic E-state index is 0.0756. The van der Waals surface area contributed by atoms with Gasteiger partial charge in [0.25, 0.3) is 5.91 Å². The normalized spacial score (nSPS) is 11.6. The van der Waals surface area contributed by atoms with E-state index in [2.05, 4.69) is 10.0 Å². The SMILES string of the molecule is CCC(CC)NC(=O)c1ccc(S(=O)(=O)NCc2ccco2)cc1. The standard InChI is InChI=1S/C17H22N2O4S/c1-3-14(4-2)19-17(20)13-7-9-16(10-8-13)24(21,22)18-12-15-6-5-11-23-15/h5-11,14,18H,3-4,12H2,1-2H3,(H,19,20). The molecule has 1 aromatic carbocycles. The van der Waals surface area contributed by atoms with E-state index in [0.717, 1.165) is 12.8 Å². The number of nitrogens with one attached hydrogen (secondary N) is 2. The summed E-state index contributed by atoms with van der Waals surface area (Å²) in [6.45, 7) is 4.09. The molecule has 2 rings (SSSR count). The van der Waals surface area contributed by atoms with E-state index in [1.807, 2.05) is 13.8 Å². The number of furan rings is 1. The van der Waals surface area contributed by atoms with E-state index in [4.69, 9.17) is 4.42 Å². The largest absolute Gasteiger partial charge is 0.468 e. The van der Waals surface area contributed by atoms with E-state index in [1.54, 1.807) is 12.1 Å². The molecular formula is C17H22N2O4S. The molecule has 0 bridgehead atoms. The van der Waals surface area contributed by atoms with Gasteiger partial charge in [-0.3, -0.25) is 4.79 Å². The third-order valence-electron chi connectivity index (χ3n) is 3.76. The molecule has 0 spiro atoms. The van der Waals surface area contributed by atoms with Crippen LogP contribution in [0.4, 0.5) is 0 Å². The van der Waals surface area contributed by atoms with Crippen molar-refractivity contribution in [2.24, 2.45) is 0 Å². The van der Waals surface area contributed by atoms with Gasteiger partial charge in [-0.1, -0.05) is 13.8 Å². The van der Waals surface area contributed by atoms with Crippen LogP contribution in [-0.2, 0) is 16.6 Å². The second kappa shape index (κ2) is 8.12. The Morgan fingerprint density at radius 2 is 1.79 bits per heavy atom. The molecule has 0 saturated heterocycles. The molecule has 1 aromatic heterocycles. The molecule has 0 unspecified atom stereocenters. The van der Waals surface area contributed by atoms with Gasteiger partial charge in [-0.05, 0) is 49.2 Å². The maximum absolute atomic E-state index is 12.2. The molecule has 1 heterocycles. The van der Waals surface area contributed by atoms with E-state index < -0.39 is 10.0 Å². The summed E-state index contributed by atoms with van der Waals surface area (Å²) in [5.41, 5.74) is 0.437. The van der Waals surface area contributed by atoms with Crippen molar-refractivity contribution < 1.29 is 17.6 Å². The molecule has 0 atom stereocenters. The highest BCUT2D eigenvalue weighted by molar-refractivity contribution is 7.89. The molecule has 0 aliphatic carbocycles. The van der Waals surface area contributed by atoms with Crippen LogP contribution in [0.25, 0.3) is 0 Å². The highest BCUT2D eigenvalue weighted by Gasteiger charge is 2.16. The highest BCUT2D eigenvalue weighted by atomic mass is 32.2. The monoisotopic (exact) mass is 350 g/mol. The molecule has 7 heteroatoms. The van der Waals surface area contributed by atoms with Gasteiger partial charge in [-0.15, -0.1) is 0 Å². The number of sulfonamides is 1. The average Bonchev–Trinajstić information content (AvgIpc) is 3.11. The molecule has 6 nitrogen and oxygen atoms in total. The topological polar surface area (TPSA) is 88.4 Å². The second-order valence-electron chi connectivity index (χ2n) is 5.42. The summed E-state index contributed by atoms with van der Waals surface area (Å²) < 4.78 is 32.0. The fourth-order valence-corrected chi connectivity index (χ4v) is 3.20. The summed E-state index contributed by atoms with van der Waals surface area (Å²) in [4.78, 5) is 12.2. The van der Waals surface area contributed by atoms with Gasteiger partial charge in [0.1, 0.15) is 5.76 Å². The van der Waals surface area contributed by atoms with Crippen LogP contribution < -0.4 is 10.0 Å². The third kappa shape index (κ3) is 4.69. The smallest absolute Gasteiger partial charge is 0.251 e. The Bertz CT molecular complexity index is 748. The summed E-state index contributed by atoms with van der Waals surface area (Å²) in [6, 6.07) is 9.37. The maximum atomic E-state index is 12.2. The number of carbonyl (C=O) groups is 1. The Kier molecular flexibility index (Phi) is 6.16. The molecular weight excluding hydrogens is 328 g/mol. The Labute approximate surface area is 142 Å². The van der Waals surface area contributed by atoms with Crippen molar-refractivity contribution in [1.82, 2.24) is 10.0 Å². The van der Waals surface area contributed by atoms with Gasteiger partial charge in [-0.2, -0.15) is 0 Å². The lowest BCUT2D eigenvalue weighted by Crippen LogP contribution is -2.33. The minimum atomic E-state index is -3.65. The molecule has 1 amide bonds. The van der Waals surface area contributed by atoms with Gasteiger partial charge >= 0.3 is 0 Å². The van der Waals surface area contributed by atoms with Gasteiger partial charge in [0.05, 0.1) is 17.7 Å². The first kappa shape index (κ1) is 18.2. The van der Waals surface area contributed by atoms with Gasteiger partial charge in [0.15, 0.2) is 0 Å². The zero-order valence-corrected chi connectivity index (χ0v) is 14.6. The van der Waals surface area contributed by atoms with Crippen LogP contribution in [-0.4, -0.2) is 20.4 Å². The first-order valence-corrected chi connectivity index (χ1v) is 9.37. The van der Waals surface area contributed by atoms with E-state index in [1.165, 1.54) is 30.5 Å². The zero-order valence-electron chi connectivity index (χ0n) is 13.8. The summed E-state index contributed by atoms with van der Waals surface area (Å²) in [6.07, 6.45) is 3.19. The molecule has 24 heavy (non-hydrogen) atoms. The predicted molar refractivity (Wildman–Crippen MR) is 91.0 cm³/mol. The summed E-state index contributed by atoms with van der Waals surface area (Å²) >= 11 is 0. The Balaban J connectivity index is 2.03. The van der Waals surface area contributed by atoms with Gasteiger partial charge in [0.2, 0.25) is 10.0 Å². The summed E-state index contributed by atoms with van der Waals surface area (Å²) in [5.74, 6) is 0.330. The molecule has 2 aromatic rings. The van der Waals surface area contributed by atoms with E-state index in [-0.39, 0.29) is 23.4 Å². The van der Waals surface area contributed by atoms with Crippen molar-refractivity contribution in [3.8, 4) is 0 Å². The highest BCUT2D eigenvalue weighted by Crippen LogP contribution is 2.12. The van der Waals surface area contributed by atoms with Crippen LogP contribution in [0.15, 0.2) is 52.0 Å². The Morgan fingerprint density at radius 1 is 1.12 bits per heavy atom. The van der Waals surface area contributed by atoms with Gasteiger partial charge in [0, 0.05) is 11.6 Å². The quantitative estimate of drug-likeness (QED) is 0.766. The van der Waals surface area contributed by atoms with Crippen LogP contribution in [0, 0.1) is 0 Å². The molecule has 2 N–H and O–H groups in total. The van der Waals surface area contributed by atoms with Crippen LogP contribution >= 0.6 is 0 Å². The predicted octanol–water partition coefficient (Wildman–Crippen LogP) is 2.68. The van der Waals surface area contributed by atoms with Crippen LogP contribution in [0.3, 0.4) is 0 Å². The summed E-state index contributed by atoms with van der Waals surface area (Å²) in [5, 5.41) is 2.92. The van der Waals surface area contributed by atoms with Crippen LogP contribution in [0.1, 0.15) is 42.8 Å². The first-order chi connectivity index (χ1) is 11.5. The molecule has 0 fully saturated rings. The number of carbonyl (C=O) groups excluding carboxylic acids is 1. The van der Waals surface area contributed by atoms with Crippen LogP contribution in [0.5, 0.6) is 0 Å². The Morgan fingerprint density at radius 3 is 2.33 bits per heavy atom. The summed E-state index contributed by atoms with van der Waals surface area (Å²) in [7, 11) is -3.65. The van der Waals surface area contributed by atoms with Crippen molar-refractivity contribution >= 4 is 15.9 Å². The number of hydrogen-bond acceptors (Lipinski definition) is 4. The maximum Gasteiger partial charge on any atom is 0.251 e. The molecule has 0 aliphatic rings. The molecule has 130 valence electrons. The van der Waals surface area contributed by atoms with E-state index in [0.29, 0.717) is 11.3 Å². The van der Waals surface area contributed by atoms with Crippen molar-refractivity contribution in [3.63, 3.8) is 0 Å². The van der Waals surface area contributed by atoms with Crippen molar-refractivity contribution in [2.75, 3.05) is 0 Å². The van der Waals surface area contributed by atoms with E-state index in [9.17, 15) is 13.2 Å².